The van der Waals surface area contributed by atoms with Gasteiger partial charge in [-0.05, 0) is 30.9 Å². The Morgan fingerprint density at radius 3 is 2.58 bits per heavy atom. The van der Waals surface area contributed by atoms with Crippen LogP contribution in [0, 0.1) is 16.0 Å². The quantitative estimate of drug-likeness (QED) is 0.475. The Morgan fingerprint density at radius 1 is 1.38 bits per heavy atom. The van der Waals surface area contributed by atoms with Crippen molar-refractivity contribution in [3.05, 3.63) is 33.9 Å². The van der Waals surface area contributed by atoms with Gasteiger partial charge in [0.15, 0.2) is 0 Å². The highest BCUT2D eigenvalue weighted by molar-refractivity contribution is 5.95. The summed E-state index contributed by atoms with van der Waals surface area (Å²) < 4.78 is 0. The number of nitro groups is 1. The zero-order chi connectivity index (χ0) is 17.7. The van der Waals surface area contributed by atoms with Gasteiger partial charge in [-0.2, -0.15) is 0 Å². The van der Waals surface area contributed by atoms with Crippen molar-refractivity contribution in [2.45, 2.75) is 51.7 Å². The molecule has 0 heterocycles. The fraction of sp³-hybridized carbons (Fsp3) is 0.588. The number of rotatable bonds is 9. The highest BCUT2D eigenvalue weighted by atomic mass is 16.6. The summed E-state index contributed by atoms with van der Waals surface area (Å²) in [5, 5.41) is 27.0. The number of hydrogen-bond acceptors (Lipinski definition) is 5. The van der Waals surface area contributed by atoms with Crippen LogP contribution in [0.4, 0.5) is 11.4 Å². The summed E-state index contributed by atoms with van der Waals surface area (Å²) in [7, 11) is 0. The predicted molar refractivity (Wildman–Crippen MR) is 92.2 cm³/mol. The van der Waals surface area contributed by atoms with Gasteiger partial charge in [-0.25, -0.2) is 0 Å². The molecule has 1 saturated carbocycles. The monoisotopic (exact) mass is 335 g/mol. The van der Waals surface area contributed by atoms with E-state index in [1.165, 1.54) is 6.07 Å². The molecule has 0 radical (unpaired) electrons. The van der Waals surface area contributed by atoms with E-state index in [0.717, 1.165) is 25.7 Å². The third-order valence-corrected chi connectivity index (χ3v) is 4.46. The smallest absolute Gasteiger partial charge is 0.293 e. The largest absolute Gasteiger partial charge is 0.391 e. The van der Waals surface area contributed by atoms with Crippen LogP contribution in [0.15, 0.2) is 18.2 Å². The second kappa shape index (κ2) is 8.10. The normalized spacial score (nSPS) is 15.2. The lowest BCUT2D eigenvalue weighted by Gasteiger charge is -2.20. The highest BCUT2D eigenvalue weighted by Crippen LogP contribution is 2.31. The van der Waals surface area contributed by atoms with Gasteiger partial charge in [0.25, 0.3) is 11.6 Å². The van der Waals surface area contributed by atoms with Crippen LogP contribution in [-0.4, -0.2) is 34.6 Å². The van der Waals surface area contributed by atoms with Crippen molar-refractivity contribution in [3.8, 4) is 0 Å². The van der Waals surface area contributed by atoms with E-state index in [2.05, 4.69) is 10.6 Å². The summed E-state index contributed by atoms with van der Waals surface area (Å²) in [5.41, 5.74) is 0.561. The minimum Gasteiger partial charge on any atom is -0.391 e. The number of amides is 1. The summed E-state index contributed by atoms with van der Waals surface area (Å²) in [5.74, 6) is -0.286. The number of nitrogens with zero attached hydrogens (tertiary/aromatic N) is 1. The summed E-state index contributed by atoms with van der Waals surface area (Å²) >= 11 is 0. The molecule has 1 aromatic carbocycles. The Bertz CT molecular complexity index is 597. The van der Waals surface area contributed by atoms with Crippen LogP contribution in [0.5, 0.6) is 0 Å². The minimum atomic E-state index is -0.616. The molecule has 1 atom stereocenters. The van der Waals surface area contributed by atoms with E-state index in [4.69, 9.17) is 0 Å². The Labute approximate surface area is 141 Å². The molecule has 0 bridgehead atoms. The molecule has 1 amide bonds. The third-order valence-electron chi connectivity index (χ3n) is 4.46. The molecule has 0 aliphatic heterocycles. The molecule has 2 rings (SSSR count). The van der Waals surface area contributed by atoms with Gasteiger partial charge in [0.2, 0.25) is 0 Å². The fourth-order valence-corrected chi connectivity index (χ4v) is 2.69. The molecule has 1 fully saturated rings. The molecule has 1 unspecified atom stereocenters. The Balaban J connectivity index is 2.03. The number of anilines is 1. The fourth-order valence-electron chi connectivity index (χ4n) is 2.69. The van der Waals surface area contributed by atoms with Crippen LogP contribution in [-0.2, 0) is 0 Å². The van der Waals surface area contributed by atoms with Crippen molar-refractivity contribution in [1.29, 1.82) is 0 Å². The first-order valence-corrected chi connectivity index (χ1v) is 8.47. The van der Waals surface area contributed by atoms with E-state index < -0.39 is 16.9 Å². The van der Waals surface area contributed by atoms with Gasteiger partial charge in [-0.3, -0.25) is 14.9 Å². The van der Waals surface area contributed by atoms with Crippen LogP contribution in [0.2, 0.25) is 0 Å². The van der Waals surface area contributed by atoms with Crippen molar-refractivity contribution < 1.29 is 14.8 Å². The first-order valence-electron chi connectivity index (χ1n) is 8.47. The number of carbonyl (C=O) groups excluding carboxylic acids is 1. The van der Waals surface area contributed by atoms with Crippen LogP contribution >= 0.6 is 0 Å². The SMILES string of the molecule is CCC(CC)C(O)CNC(=O)c1ccc(NC2CC2)c([N+](=O)[O-])c1. The third kappa shape index (κ3) is 4.67. The maximum atomic E-state index is 12.2. The van der Waals surface area contributed by atoms with Gasteiger partial charge in [-0.15, -0.1) is 0 Å². The molecule has 132 valence electrons. The first kappa shape index (κ1) is 18.2. The van der Waals surface area contributed by atoms with Gasteiger partial charge in [0, 0.05) is 24.2 Å². The molecule has 1 aliphatic carbocycles. The summed E-state index contributed by atoms with van der Waals surface area (Å²) in [4.78, 5) is 22.9. The second-order valence-corrected chi connectivity index (χ2v) is 6.26. The topological polar surface area (TPSA) is 104 Å². The van der Waals surface area contributed by atoms with Gasteiger partial charge in [0.05, 0.1) is 11.0 Å². The molecule has 7 heteroatoms. The number of carbonyl (C=O) groups is 1. The van der Waals surface area contributed by atoms with Crippen molar-refractivity contribution in [2.75, 3.05) is 11.9 Å². The number of nitrogens with one attached hydrogen (secondary N) is 2. The summed E-state index contributed by atoms with van der Waals surface area (Å²) in [6, 6.07) is 4.71. The maximum Gasteiger partial charge on any atom is 0.293 e. The van der Waals surface area contributed by atoms with Crippen LogP contribution in [0.1, 0.15) is 49.9 Å². The van der Waals surface area contributed by atoms with Gasteiger partial charge in [0.1, 0.15) is 5.69 Å². The number of aliphatic hydroxyl groups excluding tert-OH is 1. The van der Waals surface area contributed by atoms with Crippen LogP contribution in [0.3, 0.4) is 0 Å². The Morgan fingerprint density at radius 2 is 2.04 bits per heavy atom. The number of aliphatic hydroxyl groups is 1. The average molecular weight is 335 g/mol. The Hall–Kier alpha value is -2.15. The Kier molecular flexibility index (Phi) is 6.14. The van der Waals surface area contributed by atoms with Gasteiger partial charge >= 0.3 is 0 Å². The molecular formula is C17H25N3O4. The van der Waals surface area contributed by atoms with Crippen molar-refractivity contribution in [3.63, 3.8) is 0 Å². The summed E-state index contributed by atoms with van der Waals surface area (Å²) in [6.45, 7) is 4.13. The van der Waals surface area contributed by atoms with Gasteiger partial charge in [-0.1, -0.05) is 26.7 Å². The lowest BCUT2D eigenvalue weighted by Crippen LogP contribution is -2.36. The van der Waals surface area contributed by atoms with Crippen LogP contribution in [0.25, 0.3) is 0 Å². The molecule has 1 aliphatic rings. The first-order chi connectivity index (χ1) is 11.5. The molecule has 0 spiro atoms. The highest BCUT2D eigenvalue weighted by Gasteiger charge is 2.25. The maximum absolute atomic E-state index is 12.2. The van der Waals surface area contributed by atoms with Crippen molar-refractivity contribution >= 4 is 17.3 Å². The van der Waals surface area contributed by atoms with E-state index in [0.29, 0.717) is 11.7 Å². The average Bonchev–Trinajstić information content (AvgIpc) is 3.37. The lowest BCUT2D eigenvalue weighted by atomic mass is 9.96. The molecule has 7 nitrogen and oxygen atoms in total. The van der Waals surface area contributed by atoms with Crippen molar-refractivity contribution in [2.24, 2.45) is 5.92 Å². The molecule has 1 aromatic rings. The van der Waals surface area contributed by atoms with Crippen LogP contribution < -0.4 is 10.6 Å². The zero-order valence-electron chi connectivity index (χ0n) is 14.1. The molecule has 24 heavy (non-hydrogen) atoms. The second-order valence-electron chi connectivity index (χ2n) is 6.26. The predicted octanol–water partition coefficient (Wildman–Crippen LogP) is 2.70. The van der Waals surface area contributed by atoms with Gasteiger partial charge < -0.3 is 15.7 Å². The van der Waals surface area contributed by atoms with Crippen molar-refractivity contribution in [1.82, 2.24) is 5.32 Å². The molecule has 3 N–H and O–H groups in total. The standard InChI is InChI=1S/C17H25N3O4/c1-3-11(4-2)16(21)10-18-17(22)12-5-8-14(19-13-6-7-13)15(9-12)20(23)24/h5,8-9,11,13,16,19,21H,3-4,6-7,10H2,1-2H3,(H,18,22). The number of nitro benzene ring substituents is 1. The lowest BCUT2D eigenvalue weighted by molar-refractivity contribution is -0.384. The van der Waals surface area contributed by atoms with E-state index in [1.807, 2.05) is 13.8 Å². The number of hydrogen-bond donors (Lipinski definition) is 3. The van der Waals surface area contributed by atoms with E-state index >= 15 is 0 Å². The van der Waals surface area contributed by atoms with E-state index in [1.54, 1.807) is 12.1 Å². The molecular weight excluding hydrogens is 310 g/mol. The van der Waals surface area contributed by atoms with E-state index in [-0.39, 0.29) is 23.7 Å². The minimum absolute atomic E-state index is 0.102. The summed E-state index contributed by atoms with van der Waals surface area (Å²) in [6.07, 6.45) is 3.07. The molecule has 0 saturated heterocycles. The zero-order valence-corrected chi connectivity index (χ0v) is 14.1. The number of benzene rings is 1. The molecule has 0 aromatic heterocycles. The van der Waals surface area contributed by atoms with E-state index in [9.17, 15) is 20.0 Å².